The maximum atomic E-state index is 12.4. The summed E-state index contributed by atoms with van der Waals surface area (Å²) in [4.78, 5) is 17.6. The van der Waals surface area contributed by atoms with Crippen molar-refractivity contribution in [2.75, 3.05) is 6.54 Å². The predicted octanol–water partition coefficient (Wildman–Crippen LogP) is 2.46. The maximum absolute atomic E-state index is 12.4. The molecule has 0 saturated heterocycles. The van der Waals surface area contributed by atoms with Crippen LogP contribution in [0.25, 0.3) is 22.3 Å². The van der Waals surface area contributed by atoms with E-state index in [1.54, 1.807) is 12.1 Å². The molecule has 2 aromatic heterocycles. The van der Waals surface area contributed by atoms with Gasteiger partial charge in [-0.2, -0.15) is 0 Å². The number of hydrogen-bond acceptors (Lipinski definition) is 5. The van der Waals surface area contributed by atoms with Crippen LogP contribution in [-0.2, 0) is 13.0 Å². The van der Waals surface area contributed by atoms with E-state index in [1.165, 1.54) is 0 Å². The lowest BCUT2D eigenvalue weighted by Crippen LogP contribution is -2.38. The Bertz CT molecular complexity index is 1010. The number of benzene rings is 1. The lowest BCUT2D eigenvalue weighted by molar-refractivity contribution is 0.204. The highest BCUT2D eigenvalue weighted by atomic mass is 16.3. The molecule has 128 valence electrons. The number of aromatic hydroxyl groups is 1. The second-order valence-electron chi connectivity index (χ2n) is 6.73. The van der Waals surface area contributed by atoms with Gasteiger partial charge in [0.05, 0.1) is 5.69 Å². The first-order valence-electron chi connectivity index (χ1n) is 8.48. The number of phenolic OH excluding ortho intramolecular Hbond substituents is 1. The van der Waals surface area contributed by atoms with Crippen LogP contribution in [-0.4, -0.2) is 37.8 Å². The molecular formula is C19H20N4O2. The van der Waals surface area contributed by atoms with Gasteiger partial charge >= 0.3 is 0 Å². The van der Waals surface area contributed by atoms with E-state index in [9.17, 15) is 9.90 Å². The molecule has 0 amide bonds. The van der Waals surface area contributed by atoms with Gasteiger partial charge in [0.1, 0.15) is 5.75 Å². The predicted molar refractivity (Wildman–Crippen MR) is 96.5 cm³/mol. The molecule has 1 aliphatic rings. The smallest absolute Gasteiger partial charge is 0.253 e. The Hall–Kier alpha value is -2.73. The Labute approximate surface area is 145 Å². The first-order valence-corrected chi connectivity index (χ1v) is 8.48. The molecule has 0 fully saturated rings. The molecular weight excluding hydrogens is 316 g/mol. The number of aromatic amines is 1. The summed E-state index contributed by atoms with van der Waals surface area (Å²) in [5, 5.41) is 19.4. The molecule has 2 N–H and O–H groups in total. The number of nitrogens with zero attached hydrogens (tertiary/aromatic N) is 3. The van der Waals surface area contributed by atoms with Crippen LogP contribution in [0.5, 0.6) is 5.75 Å². The third kappa shape index (κ3) is 2.68. The van der Waals surface area contributed by atoms with Gasteiger partial charge in [0.15, 0.2) is 5.65 Å². The van der Waals surface area contributed by atoms with Crippen LogP contribution in [0.1, 0.15) is 25.0 Å². The standard InChI is InChI=1S/C19H20N4O2/c1-11(2)23-8-7-12-15(10-23)14-9-16(13-5-3-4-6-17(13)24)21-22-18(14)20-19(12)25/h3-6,9,11,24H,7-8,10H2,1-2H3,(H,20,22,25). The Morgan fingerprint density at radius 2 is 2.00 bits per heavy atom. The van der Waals surface area contributed by atoms with Gasteiger partial charge in [-0.1, -0.05) is 12.1 Å². The number of H-pyrrole nitrogens is 1. The van der Waals surface area contributed by atoms with Crippen LogP contribution in [0.2, 0.25) is 0 Å². The normalized spacial score (nSPS) is 14.8. The quantitative estimate of drug-likeness (QED) is 0.751. The Kier molecular flexibility index (Phi) is 3.77. The minimum absolute atomic E-state index is 0.0736. The second-order valence-corrected chi connectivity index (χ2v) is 6.73. The fourth-order valence-electron chi connectivity index (χ4n) is 3.44. The minimum atomic E-state index is -0.0736. The minimum Gasteiger partial charge on any atom is -0.507 e. The van der Waals surface area contributed by atoms with Crippen LogP contribution in [0, 0.1) is 0 Å². The van der Waals surface area contributed by atoms with Crippen molar-refractivity contribution in [2.24, 2.45) is 0 Å². The third-order valence-corrected chi connectivity index (χ3v) is 4.91. The monoisotopic (exact) mass is 336 g/mol. The molecule has 25 heavy (non-hydrogen) atoms. The highest BCUT2D eigenvalue weighted by Gasteiger charge is 2.23. The van der Waals surface area contributed by atoms with Gasteiger partial charge in [-0.25, -0.2) is 0 Å². The van der Waals surface area contributed by atoms with E-state index in [0.717, 1.165) is 36.0 Å². The molecule has 6 heteroatoms. The largest absolute Gasteiger partial charge is 0.507 e. The van der Waals surface area contributed by atoms with E-state index < -0.39 is 0 Å². The van der Waals surface area contributed by atoms with Gasteiger partial charge in [0.25, 0.3) is 5.56 Å². The number of hydrogen-bond donors (Lipinski definition) is 2. The summed E-state index contributed by atoms with van der Waals surface area (Å²) in [6, 6.07) is 9.38. The fraction of sp³-hybridized carbons (Fsp3) is 0.316. The SMILES string of the molecule is CC(C)N1CCc2c(c3cc(-c4ccccc4O)nnc3[nH]c2=O)C1. The summed E-state index contributed by atoms with van der Waals surface area (Å²) in [6.45, 7) is 5.92. The molecule has 6 nitrogen and oxygen atoms in total. The lowest BCUT2D eigenvalue weighted by Gasteiger charge is -2.32. The summed E-state index contributed by atoms with van der Waals surface area (Å²) >= 11 is 0. The first kappa shape index (κ1) is 15.8. The number of aromatic nitrogens is 3. The number of para-hydroxylation sites is 1. The average Bonchev–Trinajstić information content (AvgIpc) is 2.62. The number of nitrogens with one attached hydrogen (secondary N) is 1. The van der Waals surface area contributed by atoms with E-state index in [4.69, 9.17) is 0 Å². The summed E-state index contributed by atoms with van der Waals surface area (Å²) in [5.74, 6) is 0.165. The zero-order valence-corrected chi connectivity index (χ0v) is 14.3. The van der Waals surface area contributed by atoms with Crippen LogP contribution < -0.4 is 5.56 Å². The molecule has 3 heterocycles. The molecule has 0 unspecified atom stereocenters. The second kappa shape index (κ2) is 5.97. The van der Waals surface area contributed by atoms with Crippen LogP contribution in [0.4, 0.5) is 0 Å². The molecule has 1 aliphatic heterocycles. The number of fused-ring (bicyclic) bond motifs is 3. The van der Waals surface area contributed by atoms with Crippen LogP contribution in [0.3, 0.4) is 0 Å². The van der Waals surface area contributed by atoms with E-state index in [-0.39, 0.29) is 11.3 Å². The van der Waals surface area contributed by atoms with E-state index in [2.05, 4.69) is 33.9 Å². The van der Waals surface area contributed by atoms with Crippen molar-refractivity contribution >= 4 is 11.0 Å². The Morgan fingerprint density at radius 3 is 2.76 bits per heavy atom. The Morgan fingerprint density at radius 1 is 1.20 bits per heavy atom. The molecule has 0 aliphatic carbocycles. The van der Waals surface area contributed by atoms with Gasteiger partial charge < -0.3 is 10.1 Å². The summed E-state index contributed by atoms with van der Waals surface area (Å²) in [7, 11) is 0. The fourth-order valence-corrected chi connectivity index (χ4v) is 3.44. The van der Waals surface area contributed by atoms with Crippen molar-refractivity contribution < 1.29 is 5.11 Å². The van der Waals surface area contributed by atoms with Crippen molar-refractivity contribution in [1.29, 1.82) is 0 Å². The van der Waals surface area contributed by atoms with Gasteiger partial charge in [-0.3, -0.25) is 9.69 Å². The maximum Gasteiger partial charge on any atom is 0.253 e. The van der Waals surface area contributed by atoms with Gasteiger partial charge in [0.2, 0.25) is 0 Å². The molecule has 0 spiro atoms. The van der Waals surface area contributed by atoms with Crippen LogP contribution in [0.15, 0.2) is 35.1 Å². The summed E-state index contributed by atoms with van der Waals surface area (Å²) in [6.07, 6.45) is 0.729. The lowest BCUT2D eigenvalue weighted by atomic mass is 9.96. The summed E-state index contributed by atoms with van der Waals surface area (Å²) in [5.41, 5.74) is 3.50. The van der Waals surface area contributed by atoms with Crippen LogP contribution >= 0.6 is 0 Å². The van der Waals surface area contributed by atoms with Gasteiger partial charge in [-0.05, 0) is 44.0 Å². The number of phenols is 1. The average molecular weight is 336 g/mol. The van der Waals surface area contributed by atoms with Crippen molar-refractivity contribution in [1.82, 2.24) is 20.1 Å². The van der Waals surface area contributed by atoms with Crippen molar-refractivity contribution in [3.8, 4) is 17.0 Å². The molecule has 0 bridgehead atoms. The summed E-state index contributed by atoms with van der Waals surface area (Å²) < 4.78 is 0. The van der Waals surface area contributed by atoms with Crippen molar-refractivity contribution in [2.45, 2.75) is 32.9 Å². The van der Waals surface area contributed by atoms with Gasteiger partial charge in [-0.15, -0.1) is 10.2 Å². The topological polar surface area (TPSA) is 82.1 Å². The van der Waals surface area contributed by atoms with E-state index in [1.807, 2.05) is 18.2 Å². The molecule has 3 aromatic rings. The number of rotatable bonds is 2. The van der Waals surface area contributed by atoms with E-state index >= 15 is 0 Å². The molecule has 4 rings (SSSR count). The Balaban J connectivity index is 1.93. The van der Waals surface area contributed by atoms with Crippen molar-refractivity contribution in [3.05, 3.63) is 51.8 Å². The van der Waals surface area contributed by atoms with Gasteiger partial charge in [0, 0.05) is 35.6 Å². The molecule has 0 atom stereocenters. The van der Waals surface area contributed by atoms with E-state index in [0.29, 0.717) is 22.9 Å². The van der Waals surface area contributed by atoms with Crippen molar-refractivity contribution in [3.63, 3.8) is 0 Å². The zero-order chi connectivity index (χ0) is 17.6. The third-order valence-electron chi connectivity index (χ3n) is 4.91. The molecule has 0 radical (unpaired) electrons. The first-order chi connectivity index (χ1) is 12.0. The zero-order valence-electron chi connectivity index (χ0n) is 14.3. The molecule has 0 saturated carbocycles. The highest BCUT2D eigenvalue weighted by Crippen LogP contribution is 2.30. The highest BCUT2D eigenvalue weighted by molar-refractivity contribution is 5.84. The molecule has 1 aromatic carbocycles. The number of pyridine rings is 1.